The molecule has 0 saturated carbocycles. The molecule has 1 aromatic carbocycles. The predicted octanol–water partition coefficient (Wildman–Crippen LogP) is 3.72. The number of amides is 1. The van der Waals surface area contributed by atoms with Crippen molar-refractivity contribution in [3.63, 3.8) is 0 Å². The molecule has 1 amide bonds. The molecular weight excluding hydrogens is 314 g/mol. The molecule has 110 valence electrons. The fourth-order valence-corrected chi connectivity index (χ4v) is 3.32. The molecule has 0 aliphatic heterocycles. The van der Waals surface area contributed by atoms with E-state index >= 15 is 0 Å². The van der Waals surface area contributed by atoms with E-state index in [-0.39, 0.29) is 23.3 Å². The van der Waals surface area contributed by atoms with Crippen molar-refractivity contribution in [2.24, 2.45) is 11.3 Å². The molecule has 0 fully saturated rings. The van der Waals surface area contributed by atoms with E-state index < -0.39 is 0 Å². The molecule has 1 unspecified atom stereocenters. The monoisotopic (exact) mass is 337 g/mol. The van der Waals surface area contributed by atoms with Gasteiger partial charge in [-0.1, -0.05) is 61.0 Å². The van der Waals surface area contributed by atoms with E-state index in [1.165, 1.54) is 11.1 Å². The number of carbonyl (C=O) groups is 1. The molecule has 1 aliphatic rings. The minimum absolute atomic E-state index is 0.0921. The van der Waals surface area contributed by atoms with Crippen LogP contribution in [0.5, 0.6) is 0 Å². The van der Waals surface area contributed by atoms with Crippen LogP contribution in [-0.2, 0) is 17.6 Å². The van der Waals surface area contributed by atoms with Crippen LogP contribution in [0.3, 0.4) is 0 Å². The van der Waals surface area contributed by atoms with E-state index in [4.69, 9.17) is 0 Å². The van der Waals surface area contributed by atoms with Gasteiger partial charge in [0.15, 0.2) is 0 Å². The Hall–Kier alpha value is -0.830. The van der Waals surface area contributed by atoms with Gasteiger partial charge in [0.05, 0.1) is 0 Å². The molecule has 1 N–H and O–H groups in total. The zero-order valence-corrected chi connectivity index (χ0v) is 14.2. The number of fused-ring (bicyclic) bond motifs is 1. The van der Waals surface area contributed by atoms with Crippen LogP contribution in [0, 0.1) is 11.3 Å². The Balaban J connectivity index is 1.99. The lowest BCUT2D eigenvalue weighted by atomic mass is 9.84. The van der Waals surface area contributed by atoms with Gasteiger partial charge in [-0.25, -0.2) is 0 Å². The summed E-state index contributed by atoms with van der Waals surface area (Å²) in [5, 5.41) is 4.18. The zero-order valence-electron chi connectivity index (χ0n) is 12.6. The smallest absolute Gasteiger partial charge is 0.224 e. The highest BCUT2D eigenvalue weighted by molar-refractivity contribution is 9.09. The first-order chi connectivity index (χ1) is 9.41. The second kappa shape index (κ2) is 6.30. The van der Waals surface area contributed by atoms with Gasteiger partial charge >= 0.3 is 0 Å². The van der Waals surface area contributed by atoms with Gasteiger partial charge < -0.3 is 5.32 Å². The summed E-state index contributed by atoms with van der Waals surface area (Å²) < 4.78 is 0. The molecule has 20 heavy (non-hydrogen) atoms. The van der Waals surface area contributed by atoms with Crippen LogP contribution in [-0.4, -0.2) is 17.3 Å². The van der Waals surface area contributed by atoms with Gasteiger partial charge in [0, 0.05) is 17.3 Å². The molecule has 2 nitrogen and oxygen atoms in total. The Morgan fingerprint density at radius 1 is 1.30 bits per heavy atom. The molecule has 0 heterocycles. The number of hydrogen-bond acceptors (Lipinski definition) is 1. The lowest BCUT2D eigenvalue weighted by Gasteiger charge is -2.32. The van der Waals surface area contributed by atoms with Crippen LogP contribution in [0.15, 0.2) is 24.3 Å². The Morgan fingerprint density at radius 2 is 1.85 bits per heavy atom. The normalized spacial score (nSPS) is 16.8. The highest BCUT2D eigenvalue weighted by atomic mass is 79.9. The summed E-state index contributed by atoms with van der Waals surface area (Å²) in [4.78, 5) is 12.5. The summed E-state index contributed by atoms with van der Waals surface area (Å²) in [5.74, 6) is 0.314. The van der Waals surface area contributed by atoms with E-state index in [2.05, 4.69) is 66.3 Å². The van der Waals surface area contributed by atoms with E-state index in [1.54, 1.807) is 0 Å². The van der Waals surface area contributed by atoms with Gasteiger partial charge in [0.25, 0.3) is 0 Å². The third-order valence-corrected chi connectivity index (χ3v) is 4.64. The summed E-state index contributed by atoms with van der Waals surface area (Å²) in [5.41, 5.74) is 2.76. The van der Waals surface area contributed by atoms with Gasteiger partial charge in [-0.15, -0.1) is 0 Å². The van der Waals surface area contributed by atoms with Crippen LogP contribution in [0.2, 0.25) is 0 Å². The topological polar surface area (TPSA) is 29.1 Å². The van der Waals surface area contributed by atoms with Gasteiger partial charge in [0.2, 0.25) is 5.91 Å². The van der Waals surface area contributed by atoms with Gasteiger partial charge in [-0.05, 0) is 35.8 Å². The van der Waals surface area contributed by atoms with E-state index in [0.29, 0.717) is 0 Å². The maximum Gasteiger partial charge on any atom is 0.224 e. The molecule has 1 atom stereocenters. The third-order valence-electron chi connectivity index (χ3n) is 4.18. The molecule has 3 heteroatoms. The third kappa shape index (κ3) is 3.63. The van der Waals surface area contributed by atoms with E-state index in [9.17, 15) is 4.79 Å². The van der Waals surface area contributed by atoms with Gasteiger partial charge in [0.1, 0.15) is 0 Å². The first-order valence-corrected chi connectivity index (χ1v) is 8.47. The van der Waals surface area contributed by atoms with Crippen molar-refractivity contribution in [2.45, 2.75) is 46.1 Å². The Kier molecular flexibility index (Phi) is 4.90. The molecule has 0 aromatic heterocycles. The second-order valence-electron chi connectivity index (χ2n) is 6.78. The Labute approximate surface area is 130 Å². The molecule has 0 bridgehead atoms. The number of benzene rings is 1. The summed E-state index contributed by atoms with van der Waals surface area (Å²) in [6.07, 6.45) is 2.73. The Morgan fingerprint density at radius 3 is 2.30 bits per heavy atom. The first-order valence-electron chi connectivity index (χ1n) is 7.35. The molecule has 1 aliphatic carbocycles. The van der Waals surface area contributed by atoms with Crippen molar-refractivity contribution >= 4 is 21.8 Å². The van der Waals surface area contributed by atoms with Crippen molar-refractivity contribution in [3.05, 3.63) is 35.4 Å². The predicted molar refractivity (Wildman–Crippen MR) is 87.1 cm³/mol. The van der Waals surface area contributed by atoms with Gasteiger partial charge in [-0.3, -0.25) is 4.79 Å². The molecule has 0 saturated heterocycles. The van der Waals surface area contributed by atoms with Crippen molar-refractivity contribution < 1.29 is 4.79 Å². The van der Waals surface area contributed by atoms with Crippen LogP contribution in [0.1, 0.15) is 38.3 Å². The fraction of sp³-hybridized carbons (Fsp3) is 0.588. The standard InChI is InChI=1S/C17H24BrNO/c1-17(2,3)15(8-9-18)19-16(20)14-10-12-6-4-5-7-13(12)11-14/h4-7,14-15H,8-11H2,1-3H3,(H,19,20). The summed E-state index contributed by atoms with van der Waals surface area (Å²) in [6.45, 7) is 6.55. The SMILES string of the molecule is CC(C)(C)C(CCBr)NC(=O)C1Cc2ccccc2C1. The first kappa shape index (κ1) is 15.6. The second-order valence-corrected chi connectivity index (χ2v) is 7.57. The van der Waals surface area contributed by atoms with Crippen molar-refractivity contribution in [3.8, 4) is 0 Å². The number of alkyl halides is 1. The van der Waals surface area contributed by atoms with Gasteiger partial charge in [-0.2, -0.15) is 0 Å². The Bertz CT molecular complexity index is 453. The highest BCUT2D eigenvalue weighted by Gasteiger charge is 2.31. The summed E-state index contributed by atoms with van der Waals surface area (Å²) in [7, 11) is 0. The van der Waals surface area contributed by atoms with Crippen LogP contribution < -0.4 is 5.32 Å². The minimum Gasteiger partial charge on any atom is -0.353 e. The number of halogens is 1. The lowest BCUT2D eigenvalue weighted by molar-refractivity contribution is -0.126. The van der Waals surface area contributed by atoms with Crippen LogP contribution >= 0.6 is 15.9 Å². The highest BCUT2D eigenvalue weighted by Crippen LogP contribution is 2.28. The molecule has 0 spiro atoms. The van der Waals surface area contributed by atoms with E-state index in [0.717, 1.165) is 24.6 Å². The average Bonchev–Trinajstić information content (AvgIpc) is 2.80. The van der Waals surface area contributed by atoms with Crippen molar-refractivity contribution in [1.29, 1.82) is 0 Å². The van der Waals surface area contributed by atoms with Crippen molar-refractivity contribution in [2.75, 3.05) is 5.33 Å². The zero-order chi connectivity index (χ0) is 14.8. The molecule has 0 radical (unpaired) electrons. The van der Waals surface area contributed by atoms with Crippen LogP contribution in [0.25, 0.3) is 0 Å². The number of nitrogens with one attached hydrogen (secondary N) is 1. The molecule has 2 rings (SSSR count). The molecule has 1 aromatic rings. The largest absolute Gasteiger partial charge is 0.353 e. The fourth-order valence-electron chi connectivity index (χ4n) is 2.86. The maximum absolute atomic E-state index is 12.5. The maximum atomic E-state index is 12.5. The molecular formula is C17H24BrNO. The van der Waals surface area contributed by atoms with Crippen molar-refractivity contribution in [1.82, 2.24) is 5.32 Å². The number of carbonyl (C=O) groups excluding carboxylic acids is 1. The summed E-state index contributed by atoms with van der Waals surface area (Å²) in [6, 6.07) is 8.62. The van der Waals surface area contributed by atoms with E-state index in [1.807, 2.05) is 0 Å². The quantitative estimate of drug-likeness (QED) is 0.833. The number of rotatable bonds is 4. The lowest BCUT2D eigenvalue weighted by Crippen LogP contribution is -2.46. The summed E-state index contributed by atoms with van der Waals surface area (Å²) >= 11 is 3.49. The van der Waals surface area contributed by atoms with Crippen LogP contribution in [0.4, 0.5) is 0 Å². The number of hydrogen-bond donors (Lipinski definition) is 1. The minimum atomic E-state index is 0.0921. The average molecular weight is 338 g/mol.